The van der Waals surface area contributed by atoms with Gasteiger partial charge in [-0.25, -0.2) is 0 Å². The monoisotopic (exact) mass is 270 g/mol. The molecule has 1 aromatic heterocycles. The Morgan fingerprint density at radius 3 is 2.95 bits per heavy atom. The molecule has 4 nitrogen and oxygen atoms in total. The van der Waals surface area contributed by atoms with Gasteiger partial charge in [0.05, 0.1) is 5.92 Å². The van der Waals surface area contributed by atoms with E-state index in [4.69, 9.17) is 0 Å². The van der Waals surface area contributed by atoms with Gasteiger partial charge in [-0.1, -0.05) is 24.3 Å². The fraction of sp³-hybridized carbons (Fsp3) is 0.375. The fourth-order valence-electron chi connectivity index (χ4n) is 3.08. The van der Waals surface area contributed by atoms with Gasteiger partial charge < -0.3 is 5.11 Å². The predicted molar refractivity (Wildman–Crippen MR) is 77.4 cm³/mol. The van der Waals surface area contributed by atoms with E-state index in [1.54, 1.807) is 0 Å². The molecule has 2 heterocycles. The van der Waals surface area contributed by atoms with Gasteiger partial charge in [0, 0.05) is 30.4 Å². The first-order valence-corrected chi connectivity index (χ1v) is 6.95. The molecule has 0 spiro atoms. The molecule has 1 aliphatic heterocycles. The molecule has 0 radical (unpaired) electrons. The topological polar surface area (TPSA) is 53.4 Å². The van der Waals surface area contributed by atoms with Crippen molar-refractivity contribution in [3.63, 3.8) is 0 Å². The standard InChI is InChI=1S/C16H18N2O2/c1-11-14(16(19)20)6-7-18(11)10-13-9-17-8-12-4-2-3-5-15(12)13/h2-5,8-9,11,14H,6-7,10H2,1H3,(H,19,20). The molecule has 0 amide bonds. The molecule has 1 saturated heterocycles. The molecule has 1 N–H and O–H groups in total. The maximum Gasteiger partial charge on any atom is 0.308 e. The molecule has 0 saturated carbocycles. The molecular formula is C16H18N2O2. The Morgan fingerprint density at radius 1 is 1.40 bits per heavy atom. The molecule has 0 bridgehead atoms. The summed E-state index contributed by atoms with van der Waals surface area (Å²) in [6.45, 7) is 3.60. The van der Waals surface area contributed by atoms with Gasteiger partial charge in [-0.2, -0.15) is 0 Å². The minimum Gasteiger partial charge on any atom is -0.481 e. The number of carboxylic acid groups (broad SMARTS) is 1. The number of benzene rings is 1. The van der Waals surface area contributed by atoms with Crippen molar-refractivity contribution >= 4 is 16.7 Å². The smallest absolute Gasteiger partial charge is 0.308 e. The van der Waals surface area contributed by atoms with Crippen LogP contribution in [0.2, 0.25) is 0 Å². The number of carboxylic acids is 1. The number of fused-ring (bicyclic) bond motifs is 1. The van der Waals surface area contributed by atoms with Crippen molar-refractivity contribution < 1.29 is 9.90 Å². The summed E-state index contributed by atoms with van der Waals surface area (Å²) in [6.07, 6.45) is 4.49. The Labute approximate surface area is 118 Å². The lowest BCUT2D eigenvalue weighted by Crippen LogP contribution is -2.32. The number of hydrogen-bond acceptors (Lipinski definition) is 3. The van der Waals surface area contributed by atoms with Crippen molar-refractivity contribution in [2.24, 2.45) is 5.92 Å². The van der Waals surface area contributed by atoms with E-state index < -0.39 is 5.97 Å². The van der Waals surface area contributed by atoms with E-state index in [2.05, 4.69) is 22.0 Å². The highest BCUT2D eigenvalue weighted by molar-refractivity contribution is 5.84. The Kier molecular flexibility index (Phi) is 3.40. The summed E-state index contributed by atoms with van der Waals surface area (Å²) in [5.41, 5.74) is 1.17. The summed E-state index contributed by atoms with van der Waals surface area (Å²) < 4.78 is 0. The zero-order valence-corrected chi connectivity index (χ0v) is 11.5. The Hall–Kier alpha value is -1.94. The molecule has 2 aromatic rings. The quantitative estimate of drug-likeness (QED) is 0.931. The fourth-order valence-corrected chi connectivity index (χ4v) is 3.08. The van der Waals surface area contributed by atoms with Crippen molar-refractivity contribution in [3.05, 3.63) is 42.2 Å². The number of likely N-dealkylation sites (tertiary alicyclic amines) is 1. The van der Waals surface area contributed by atoms with Gasteiger partial charge in [-0.05, 0) is 30.8 Å². The van der Waals surface area contributed by atoms with Crippen molar-refractivity contribution in [1.82, 2.24) is 9.88 Å². The number of carbonyl (C=O) groups is 1. The van der Waals surface area contributed by atoms with Crippen LogP contribution in [0, 0.1) is 5.92 Å². The molecule has 1 aliphatic rings. The SMILES string of the molecule is CC1C(C(=O)O)CCN1Cc1cncc2ccccc12. The van der Waals surface area contributed by atoms with E-state index in [1.165, 1.54) is 10.9 Å². The summed E-state index contributed by atoms with van der Waals surface area (Å²) in [5.74, 6) is -0.936. The van der Waals surface area contributed by atoms with Crippen molar-refractivity contribution in [2.75, 3.05) is 6.54 Å². The van der Waals surface area contributed by atoms with Crippen LogP contribution < -0.4 is 0 Å². The first-order chi connectivity index (χ1) is 9.66. The molecule has 1 aromatic carbocycles. The second-order valence-electron chi connectivity index (χ2n) is 5.46. The molecule has 4 heteroatoms. The minimum absolute atomic E-state index is 0.0754. The highest BCUT2D eigenvalue weighted by atomic mass is 16.4. The molecular weight excluding hydrogens is 252 g/mol. The minimum atomic E-state index is -0.684. The molecule has 1 fully saturated rings. The van der Waals surface area contributed by atoms with E-state index >= 15 is 0 Å². The first-order valence-electron chi connectivity index (χ1n) is 6.95. The lowest BCUT2D eigenvalue weighted by atomic mass is 10.0. The normalized spacial score (nSPS) is 23.2. The number of nitrogens with zero attached hydrogens (tertiary/aromatic N) is 2. The van der Waals surface area contributed by atoms with E-state index in [0.29, 0.717) is 0 Å². The lowest BCUT2D eigenvalue weighted by Gasteiger charge is -2.23. The number of rotatable bonds is 3. The Morgan fingerprint density at radius 2 is 2.20 bits per heavy atom. The molecule has 2 unspecified atom stereocenters. The summed E-state index contributed by atoms with van der Waals surface area (Å²) >= 11 is 0. The van der Waals surface area contributed by atoms with Crippen LogP contribution in [-0.4, -0.2) is 33.5 Å². The van der Waals surface area contributed by atoms with Crippen LogP contribution in [0.25, 0.3) is 10.8 Å². The zero-order chi connectivity index (χ0) is 14.1. The Balaban J connectivity index is 1.86. The third-order valence-electron chi connectivity index (χ3n) is 4.33. The first kappa shape index (κ1) is 13.1. The van der Waals surface area contributed by atoms with Crippen LogP contribution in [-0.2, 0) is 11.3 Å². The average Bonchev–Trinajstić information content (AvgIpc) is 2.81. The molecule has 20 heavy (non-hydrogen) atoms. The van der Waals surface area contributed by atoms with Crippen LogP contribution in [0.3, 0.4) is 0 Å². The van der Waals surface area contributed by atoms with Crippen LogP contribution in [0.15, 0.2) is 36.7 Å². The van der Waals surface area contributed by atoms with Crippen LogP contribution in [0.4, 0.5) is 0 Å². The second kappa shape index (κ2) is 5.21. The molecule has 104 valence electrons. The van der Waals surface area contributed by atoms with Gasteiger partial charge in [-0.3, -0.25) is 14.7 Å². The van der Waals surface area contributed by atoms with Crippen molar-refractivity contribution in [3.8, 4) is 0 Å². The maximum absolute atomic E-state index is 11.2. The highest BCUT2D eigenvalue weighted by Crippen LogP contribution is 2.27. The van der Waals surface area contributed by atoms with Gasteiger partial charge in [0.2, 0.25) is 0 Å². The van der Waals surface area contributed by atoms with Crippen molar-refractivity contribution in [2.45, 2.75) is 25.9 Å². The van der Waals surface area contributed by atoms with E-state index in [1.807, 2.05) is 31.5 Å². The highest BCUT2D eigenvalue weighted by Gasteiger charge is 2.35. The average molecular weight is 270 g/mol. The second-order valence-corrected chi connectivity index (χ2v) is 5.46. The van der Waals surface area contributed by atoms with Crippen LogP contribution in [0.1, 0.15) is 18.9 Å². The number of hydrogen-bond donors (Lipinski definition) is 1. The third kappa shape index (κ3) is 2.27. The van der Waals surface area contributed by atoms with Gasteiger partial charge in [0.25, 0.3) is 0 Å². The number of aromatic nitrogens is 1. The summed E-state index contributed by atoms with van der Waals surface area (Å²) in [6, 6.07) is 8.26. The number of pyridine rings is 1. The Bertz CT molecular complexity index is 636. The van der Waals surface area contributed by atoms with Gasteiger partial charge >= 0.3 is 5.97 Å². The lowest BCUT2D eigenvalue weighted by molar-refractivity contribution is -0.142. The van der Waals surface area contributed by atoms with Gasteiger partial charge in [-0.15, -0.1) is 0 Å². The largest absolute Gasteiger partial charge is 0.481 e. The number of aliphatic carboxylic acids is 1. The third-order valence-corrected chi connectivity index (χ3v) is 4.33. The summed E-state index contributed by atoms with van der Waals surface area (Å²) in [7, 11) is 0. The van der Waals surface area contributed by atoms with E-state index in [-0.39, 0.29) is 12.0 Å². The molecule has 3 rings (SSSR count). The molecule has 2 atom stereocenters. The predicted octanol–water partition coefficient (Wildman–Crippen LogP) is 2.53. The van der Waals surface area contributed by atoms with Gasteiger partial charge in [0.1, 0.15) is 0 Å². The van der Waals surface area contributed by atoms with E-state index in [0.717, 1.165) is 24.9 Å². The van der Waals surface area contributed by atoms with E-state index in [9.17, 15) is 9.90 Å². The van der Waals surface area contributed by atoms with Crippen molar-refractivity contribution in [1.29, 1.82) is 0 Å². The maximum atomic E-state index is 11.2. The summed E-state index contributed by atoms with van der Waals surface area (Å²) in [4.78, 5) is 17.7. The van der Waals surface area contributed by atoms with Gasteiger partial charge in [0.15, 0.2) is 0 Å². The van der Waals surface area contributed by atoms with Crippen LogP contribution in [0.5, 0.6) is 0 Å². The zero-order valence-electron chi connectivity index (χ0n) is 11.5. The van der Waals surface area contributed by atoms with Crippen LogP contribution >= 0.6 is 0 Å². The molecule has 0 aliphatic carbocycles. The summed E-state index contributed by atoms with van der Waals surface area (Å²) in [5, 5.41) is 11.5.